The molecule has 0 unspecified atom stereocenters. The van der Waals surface area contributed by atoms with Crippen LogP contribution in [0.5, 0.6) is 23.0 Å². The van der Waals surface area contributed by atoms with Gasteiger partial charge in [-0.25, -0.2) is 9.59 Å². The van der Waals surface area contributed by atoms with Gasteiger partial charge in [-0.3, -0.25) is 4.90 Å². The van der Waals surface area contributed by atoms with E-state index in [1.165, 1.54) is 28.4 Å². The maximum Gasteiger partial charge on any atom is 0.338 e. The molecule has 1 spiro atoms. The average Bonchev–Trinajstić information content (AvgIpc) is 3.58. The molecule has 224 valence electrons. The third-order valence-electron chi connectivity index (χ3n) is 9.90. The fraction of sp³-hybridized carbons (Fsp3) is 0.500. The topological polar surface area (TPSA) is 105 Å². The van der Waals surface area contributed by atoms with Crippen molar-refractivity contribution in [1.29, 1.82) is 0 Å². The molecule has 10 heteroatoms. The van der Waals surface area contributed by atoms with Crippen molar-refractivity contribution >= 4 is 17.6 Å². The molecule has 10 nitrogen and oxygen atoms in total. The SMILES string of the molecule is COC(=O)C1=C2Nc3cc(OC)ccc3[C@@]23CCN2CCC[C@@]([C@H](C)OC(=O)c4cc(OC)c(OC)c(OC)c4)(C1)[C@H]23. The van der Waals surface area contributed by atoms with E-state index >= 15 is 0 Å². The van der Waals surface area contributed by atoms with Crippen LogP contribution in [0.25, 0.3) is 0 Å². The van der Waals surface area contributed by atoms with Crippen molar-refractivity contribution < 1.29 is 38.0 Å². The van der Waals surface area contributed by atoms with E-state index in [1.807, 2.05) is 19.1 Å². The first kappa shape index (κ1) is 28.2. The second-order valence-corrected chi connectivity index (χ2v) is 11.5. The van der Waals surface area contributed by atoms with E-state index in [4.69, 9.17) is 28.4 Å². The van der Waals surface area contributed by atoms with Gasteiger partial charge in [-0.05, 0) is 69.5 Å². The van der Waals surface area contributed by atoms with Crippen LogP contribution in [0.2, 0.25) is 0 Å². The number of hydrogen-bond acceptors (Lipinski definition) is 10. The van der Waals surface area contributed by atoms with E-state index in [0.29, 0.717) is 34.8 Å². The molecule has 6 rings (SSSR count). The van der Waals surface area contributed by atoms with Crippen LogP contribution in [-0.2, 0) is 19.7 Å². The molecule has 2 saturated heterocycles. The molecule has 3 aliphatic heterocycles. The Kier molecular flexibility index (Phi) is 7.00. The van der Waals surface area contributed by atoms with Crippen molar-refractivity contribution in [2.75, 3.05) is 54.0 Å². The fourth-order valence-corrected chi connectivity index (χ4v) is 8.17. The van der Waals surface area contributed by atoms with E-state index in [2.05, 4.69) is 16.3 Å². The Labute approximate surface area is 245 Å². The molecule has 0 aromatic heterocycles. The Morgan fingerprint density at radius 1 is 0.929 bits per heavy atom. The summed E-state index contributed by atoms with van der Waals surface area (Å²) in [7, 11) is 7.60. The first-order valence-corrected chi connectivity index (χ1v) is 14.3. The van der Waals surface area contributed by atoms with Crippen LogP contribution < -0.4 is 24.3 Å². The number of rotatable bonds is 8. The predicted molar refractivity (Wildman–Crippen MR) is 155 cm³/mol. The zero-order valence-corrected chi connectivity index (χ0v) is 25.0. The number of carbonyl (C=O) groups is 2. The van der Waals surface area contributed by atoms with Gasteiger partial charge in [0.2, 0.25) is 5.75 Å². The van der Waals surface area contributed by atoms with Crippen LogP contribution in [0.1, 0.15) is 48.5 Å². The molecule has 42 heavy (non-hydrogen) atoms. The number of piperidine rings is 1. The summed E-state index contributed by atoms with van der Waals surface area (Å²) < 4.78 is 33.6. The number of carbonyl (C=O) groups excluding carboxylic acids is 2. The standard InChI is InChI=1S/C32H38N2O8/c1-18(42-28(35)19-14-24(38-3)26(40-5)25(15-19)39-4)31-10-7-12-34-13-11-32(30(31)34)22-9-8-20(37-2)16-23(22)33-27(32)21(17-31)29(36)41-6/h8-9,14-16,18,30,33H,7,10-13,17H2,1-6H3/t18-,30-,31-,32-/m0/s1. The first-order valence-electron chi connectivity index (χ1n) is 14.3. The maximum atomic E-state index is 13.7. The average molecular weight is 579 g/mol. The normalized spacial score (nSPS) is 26.3. The van der Waals surface area contributed by atoms with Crippen molar-refractivity contribution in [1.82, 2.24) is 4.90 Å². The third kappa shape index (κ3) is 3.87. The molecule has 2 aromatic carbocycles. The van der Waals surface area contributed by atoms with Crippen LogP contribution >= 0.6 is 0 Å². The minimum atomic E-state index is -0.526. The van der Waals surface area contributed by atoms with Crippen molar-refractivity contribution in [2.24, 2.45) is 5.41 Å². The fourth-order valence-electron chi connectivity index (χ4n) is 8.17. The van der Waals surface area contributed by atoms with Gasteiger partial charge in [0.05, 0.1) is 52.1 Å². The second-order valence-electron chi connectivity index (χ2n) is 11.5. The summed E-state index contributed by atoms with van der Waals surface area (Å²) in [6.07, 6.45) is 2.49. The number of ether oxygens (including phenoxy) is 6. The number of benzene rings is 2. The van der Waals surface area contributed by atoms with E-state index in [0.717, 1.165) is 55.0 Å². The smallest absolute Gasteiger partial charge is 0.338 e. The molecule has 0 saturated carbocycles. The summed E-state index contributed by atoms with van der Waals surface area (Å²) in [5.74, 6) is 1.03. The summed E-state index contributed by atoms with van der Waals surface area (Å²) in [4.78, 5) is 29.7. The zero-order chi connectivity index (χ0) is 29.8. The summed E-state index contributed by atoms with van der Waals surface area (Å²) in [5.41, 5.74) is 2.91. The highest BCUT2D eigenvalue weighted by Gasteiger charge is 2.68. The zero-order valence-electron chi connectivity index (χ0n) is 25.0. The minimum absolute atomic E-state index is 0.0204. The highest BCUT2D eigenvalue weighted by Crippen LogP contribution is 2.66. The lowest BCUT2D eigenvalue weighted by atomic mass is 9.53. The van der Waals surface area contributed by atoms with E-state index in [1.54, 1.807) is 19.2 Å². The molecule has 1 N–H and O–H groups in total. The lowest BCUT2D eigenvalue weighted by molar-refractivity contribution is -0.138. The number of fused-ring (bicyclic) bond motifs is 1. The van der Waals surface area contributed by atoms with Gasteiger partial charge in [0.25, 0.3) is 0 Å². The number of methoxy groups -OCH3 is 5. The number of esters is 2. The molecule has 0 amide bonds. The molecule has 0 bridgehead atoms. The van der Waals surface area contributed by atoms with Crippen LogP contribution in [0.15, 0.2) is 41.6 Å². The van der Waals surface area contributed by atoms with Crippen LogP contribution in [-0.4, -0.2) is 77.6 Å². The van der Waals surface area contributed by atoms with Gasteiger partial charge in [0.15, 0.2) is 11.5 Å². The van der Waals surface area contributed by atoms with Gasteiger partial charge in [-0.15, -0.1) is 0 Å². The molecule has 1 aliphatic carbocycles. The van der Waals surface area contributed by atoms with Crippen molar-refractivity contribution in [2.45, 2.75) is 50.2 Å². The van der Waals surface area contributed by atoms with Crippen molar-refractivity contribution in [3.8, 4) is 23.0 Å². The molecule has 2 aromatic rings. The summed E-state index contributed by atoms with van der Waals surface area (Å²) in [5, 5.41) is 3.61. The van der Waals surface area contributed by atoms with Crippen LogP contribution in [0.3, 0.4) is 0 Å². The van der Waals surface area contributed by atoms with E-state index in [-0.39, 0.29) is 12.0 Å². The number of anilines is 1. The molecule has 3 heterocycles. The number of nitrogens with one attached hydrogen (secondary N) is 1. The molecular formula is C32H38N2O8. The highest BCUT2D eigenvalue weighted by atomic mass is 16.5. The summed E-state index contributed by atoms with van der Waals surface area (Å²) >= 11 is 0. The highest BCUT2D eigenvalue weighted by molar-refractivity contribution is 5.94. The van der Waals surface area contributed by atoms with Crippen molar-refractivity contribution in [3.05, 3.63) is 52.7 Å². The molecule has 0 radical (unpaired) electrons. The van der Waals surface area contributed by atoms with Gasteiger partial charge < -0.3 is 33.7 Å². The Hall–Kier alpha value is -3.92. The Morgan fingerprint density at radius 3 is 2.31 bits per heavy atom. The van der Waals surface area contributed by atoms with Gasteiger partial charge in [0.1, 0.15) is 11.9 Å². The largest absolute Gasteiger partial charge is 0.497 e. The monoisotopic (exact) mass is 578 g/mol. The molecule has 4 aliphatic rings. The number of hydrogen-bond donors (Lipinski definition) is 1. The van der Waals surface area contributed by atoms with E-state index in [9.17, 15) is 9.59 Å². The Balaban J connectivity index is 1.44. The van der Waals surface area contributed by atoms with Gasteiger partial charge >= 0.3 is 11.9 Å². The maximum absolute atomic E-state index is 13.7. The van der Waals surface area contributed by atoms with Crippen LogP contribution in [0, 0.1) is 5.41 Å². The number of nitrogens with zero attached hydrogens (tertiary/aromatic N) is 1. The summed E-state index contributed by atoms with van der Waals surface area (Å²) in [6, 6.07) is 9.30. The lowest BCUT2D eigenvalue weighted by Gasteiger charge is -2.57. The van der Waals surface area contributed by atoms with Gasteiger partial charge in [0, 0.05) is 28.9 Å². The van der Waals surface area contributed by atoms with E-state index < -0.39 is 22.9 Å². The minimum Gasteiger partial charge on any atom is -0.497 e. The predicted octanol–water partition coefficient (Wildman–Crippen LogP) is 4.32. The third-order valence-corrected chi connectivity index (χ3v) is 9.90. The Morgan fingerprint density at radius 2 is 1.67 bits per heavy atom. The van der Waals surface area contributed by atoms with Gasteiger partial charge in [-0.1, -0.05) is 6.07 Å². The van der Waals surface area contributed by atoms with Gasteiger partial charge in [-0.2, -0.15) is 0 Å². The first-order chi connectivity index (χ1) is 20.3. The summed E-state index contributed by atoms with van der Waals surface area (Å²) in [6.45, 7) is 3.79. The quantitative estimate of drug-likeness (QED) is 0.456. The van der Waals surface area contributed by atoms with Crippen molar-refractivity contribution in [3.63, 3.8) is 0 Å². The molecular weight excluding hydrogens is 540 g/mol. The molecule has 2 fully saturated rings. The Bertz CT molecular complexity index is 1450. The van der Waals surface area contributed by atoms with Crippen LogP contribution in [0.4, 0.5) is 5.69 Å². The lowest BCUT2D eigenvalue weighted by Crippen LogP contribution is -2.64. The second kappa shape index (κ2) is 10.4. The molecule has 4 atom stereocenters.